The van der Waals surface area contributed by atoms with Gasteiger partial charge in [0.05, 0.1) is 40.6 Å². The third-order valence-corrected chi connectivity index (χ3v) is 9.55. The average molecular weight is 820 g/mol. The van der Waals surface area contributed by atoms with Gasteiger partial charge in [0.2, 0.25) is 0 Å². The summed E-state index contributed by atoms with van der Waals surface area (Å²) >= 11 is 10.2. The van der Waals surface area contributed by atoms with E-state index in [0.717, 1.165) is 52.6 Å². The number of halogens is 3. The number of phenols is 1. The molecular formula is C36H51Br3O6. The molecular weight excluding hydrogens is 768 g/mol. The largest absolute Gasteiger partial charge is 0.507 e. The fraction of sp³-hybridized carbons (Fsp3) is 0.611. The summed E-state index contributed by atoms with van der Waals surface area (Å²) in [5.74, 6) is 2.78. The molecule has 2 saturated carbocycles. The van der Waals surface area contributed by atoms with Crippen molar-refractivity contribution in [1.82, 2.24) is 0 Å². The van der Waals surface area contributed by atoms with Crippen LogP contribution >= 0.6 is 47.8 Å². The van der Waals surface area contributed by atoms with Crippen LogP contribution in [0.4, 0.5) is 0 Å². The van der Waals surface area contributed by atoms with Crippen LogP contribution in [0, 0.1) is 23.7 Å². The van der Waals surface area contributed by atoms with E-state index in [0.29, 0.717) is 29.5 Å². The van der Waals surface area contributed by atoms with Crippen molar-refractivity contribution in [2.24, 2.45) is 23.7 Å². The van der Waals surface area contributed by atoms with Gasteiger partial charge in [-0.1, -0.05) is 55.8 Å². The zero-order valence-corrected chi connectivity index (χ0v) is 32.4. The summed E-state index contributed by atoms with van der Waals surface area (Å²) < 4.78 is 17.7. The van der Waals surface area contributed by atoms with Crippen molar-refractivity contribution in [3.8, 4) is 11.5 Å². The molecule has 2 unspecified atom stereocenters. The number of alkyl halides is 1. The summed E-state index contributed by atoms with van der Waals surface area (Å²) in [6, 6.07) is 11.1. The summed E-state index contributed by atoms with van der Waals surface area (Å²) in [4.78, 5) is 24.2. The maximum atomic E-state index is 12.2. The predicted molar refractivity (Wildman–Crippen MR) is 192 cm³/mol. The standard InChI is InChI=1S/C18H25BrO3.C14H19BrO3.C4H7Br/c1-4-21-18(20)15(9-12(2)3)14-7-8-17(16(19)10-14)22-11-13-5-6-13;1-4-18-14(17)11(7-9(2)3)10-5-6-13(16)12(15)8-10;5-3-4-1-2-4/h7-8,10,12-13,15H,4-6,9,11H2,1-3H3;5-6,8-9,11,16H,4,7H2,1-3H3;4H,1-3H2. The molecule has 0 aromatic heterocycles. The van der Waals surface area contributed by atoms with Gasteiger partial charge in [0.1, 0.15) is 11.5 Å². The molecule has 6 nitrogen and oxygen atoms in total. The van der Waals surface area contributed by atoms with E-state index in [2.05, 4.69) is 75.5 Å². The van der Waals surface area contributed by atoms with E-state index in [1.54, 1.807) is 25.1 Å². The SMILES string of the molecule is BrCC1CC1.CCOC(=O)C(CC(C)C)c1ccc(O)c(Br)c1.CCOC(=O)C(CC(C)C)c1ccc(OCC2CC2)c(Br)c1. The molecule has 2 aromatic carbocycles. The highest BCUT2D eigenvalue weighted by Gasteiger charge is 2.26. The Morgan fingerprint density at radius 1 is 0.778 bits per heavy atom. The topological polar surface area (TPSA) is 82.1 Å². The summed E-state index contributed by atoms with van der Waals surface area (Å²) in [7, 11) is 0. The summed E-state index contributed by atoms with van der Waals surface area (Å²) in [5.41, 5.74) is 1.85. The summed E-state index contributed by atoms with van der Waals surface area (Å²) in [6.07, 6.45) is 6.99. The molecule has 4 rings (SSSR count). The molecule has 0 amide bonds. The normalized spacial score (nSPS) is 15.3. The Labute approximate surface area is 295 Å². The van der Waals surface area contributed by atoms with Gasteiger partial charge >= 0.3 is 11.9 Å². The number of benzene rings is 2. The van der Waals surface area contributed by atoms with Crippen LogP contribution in [0.3, 0.4) is 0 Å². The van der Waals surface area contributed by atoms with Crippen LogP contribution in [0.15, 0.2) is 45.3 Å². The Morgan fingerprint density at radius 3 is 1.60 bits per heavy atom. The van der Waals surface area contributed by atoms with Gasteiger partial charge in [-0.3, -0.25) is 9.59 Å². The lowest BCUT2D eigenvalue weighted by Gasteiger charge is -2.19. The number of ether oxygens (including phenoxy) is 3. The van der Waals surface area contributed by atoms with Gasteiger partial charge in [0, 0.05) is 5.33 Å². The molecule has 1 N–H and O–H groups in total. The van der Waals surface area contributed by atoms with Crippen molar-refractivity contribution in [1.29, 1.82) is 0 Å². The highest BCUT2D eigenvalue weighted by atomic mass is 79.9. The number of phenolic OH excluding ortho intramolecular Hbond substituents is 1. The highest BCUT2D eigenvalue weighted by molar-refractivity contribution is 9.11. The van der Waals surface area contributed by atoms with Gasteiger partial charge in [-0.2, -0.15) is 0 Å². The minimum atomic E-state index is -0.276. The molecule has 2 aliphatic rings. The van der Waals surface area contributed by atoms with E-state index >= 15 is 0 Å². The second-order valence-electron chi connectivity index (χ2n) is 12.6. The first-order chi connectivity index (χ1) is 21.4. The molecule has 0 aliphatic heterocycles. The van der Waals surface area contributed by atoms with E-state index in [1.807, 2.05) is 25.1 Å². The van der Waals surface area contributed by atoms with E-state index in [9.17, 15) is 14.7 Å². The highest BCUT2D eigenvalue weighted by Crippen LogP contribution is 2.35. The van der Waals surface area contributed by atoms with Gasteiger partial charge in [-0.25, -0.2) is 0 Å². The zero-order valence-electron chi connectivity index (χ0n) is 27.6. The van der Waals surface area contributed by atoms with Gasteiger partial charge in [0.25, 0.3) is 0 Å². The molecule has 0 saturated heterocycles. The van der Waals surface area contributed by atoms with Gasteiger partial charge in [0.15, 0.2) is 0 Å². The molecule has 2 aromatic rings. The van der Waals surface area contributed by atoms with Gasteiger partial charge in [-0.15, -0.1) is 0 Å². The van der Waals surface area contributed by atoms with Crippen molar-refractivity contribution >= 4 is 59.7 Å². The third-order valence-electron chi connectivity index (χ3n) is 7.38. The van der Waals surface area contributed by atoms with Crippen LogP contribution in [0.2, 0.25) is 0 Å². The number of carbonyl (C=O) groups is 2. The van der Waals surface area contributed by atoms with Crippen LogP contribution in [0.1, 0.15) is 103 Å². The summed E-state index contributed by atoms with van der Waals surface area (Å²) in [5, 5.41) is 10.7. The van der Waals surface area contributed by atoms with Crippen LogP contribution in [-0.2, 0) is 19.1 Å². The lowest BCUT2D eigenvalue weighted by Crippen LogP contribution is -2.18. The smallest absolute Gasteiger partial charge is 0.313 e. The zero-order chi connectivity index (χ0) is 33.5. The fourth-order valence-corrected chi connectivity index (χ4v) is 6.08. The first kappa shape index (κ1) is 39.6. The Bertz CT molecular complexity index is 1190. The minimum Gasteiger partial charge on any atom is -0.507 e. The number of rotatable bonds is 14. The van der Waals surface area contributed by atoms with E-state index in [4.69, 9.17) is 14.2 Å². The summed E-state index contributed by atoms with van der Waals surface area (Å²) in [6.45, 7) is 13.6. The van der Waals surface area contributed by atoms with Crippen LogP contribution in [-0.4, -0.2) is 42.2 Å². The maximum Gasteiger partial charge on any atom is 0.313 e. The molecule has 2 fully saturated rings. The van der Waals surface area contributed by atoms with Crippen LogP contribution < -0.4 is 4.74 Å². The predicted octanol–water partition coefficient (Wildman–Crippen LogP) is 10.6. The average Bonchev–Trinajstić information content (AvgIpc) is 3.91. The quantitative estimate of drug-likeness (QED) is 0.151. The number of esters is 2. The number of aromatic hydroxyl groups is 1. The van der Waals surface area contributed by atoms with E-state index in [1.165, 1.54) is 31.0 Å². The third kappa shape index (κ3) is 15.2. The Balaban J connectivity index is 0.000000275. The second kappa shape index (κ2) is 20.6. The first-order valence-corrected chi connectivity index (χ1v) is 18.9. The van der Waals surface area contributed by atoms with Crippen LogP contribution in [0.25, 0.3) is 0 Å². The molecule has 2 atom stereocenters. The lowest BCUT2D eigenvalue weighted by molar-refractivity contribution is -0.146. The van der Waals surface area contributed by atoms with Crippen molar-refractivity contribution in [3.05, 3.63) is 56.5 Å². The Kier molecular flexibility index (Phi) is 18.1. The monoisotopic (exact) mass is 816 g/mol. The number of hydrogen-bond acceptors (Lipinski definition) is 6. The van der Waals surface area contributed by atoms with Gasteiger partial charge < -0.3 is 19.3 Å². The fourth-order valence-electron chi connectivity index (χ4n) is 4.52. The van der Waals surface area contributed by atoms with E-state index < -0.39 is 0 Å². The molecule has 0 heterocycles. The van der Waals surface area contributed by atoms with Gasteiger partial charge in [-0.05, 0) is 143 Å². The Hall–Kier alpha value is -1.58. The van der Waals surface area contributed by atoms with Crippen molar-refractivity contribution in [2.75, 3.05) is 25.2 Å². The lowest BCUT2D eigenvalue weighted by atomic mass is 9.90. The van der Waals surface area contributed by atoms with Crippen molar-refractivity contribution < 1.29 is 28.9 Å². The second-order valence-corrected chi connectivity index (χ2v) is 15.0. The minimum absolute atomic E-state index is 0.144. The molecule has 0 radical (unpaired) electrons. The number of carbonyl (C=O) groups excluding carboxylic acids is 2. The van der Waals surface area contributed by atoms with Crippen molar-refractivity contribution in [3.63, 3.8) is 0 Å². The molecule has 2 aliphatic carbocycles. The molecule has 252 valence electrons. The molecule has 0 spiro atoms. The molecule has 9 heteroatoms. The van der Waals surface area contributed by atoms with E-state index in [-0.39, 0.29) is 29.5 Å². The maximum absolute atomic E-state index is 12.2. The molecule has 45 heavy (non-hydrogen) atoms. The molecule has 0 bridgehead atoms. The first-order valence-electron chi connectivity index (χ1n) is 16.2. The van der Waals surface area contributed by atoms with Crippen LogP contribution in [0.5, 0.6) is 11.5 Å². The Morgan fingerprint density at radius 2 is 1.24 bits per heavy atom. The van der Waals surface area contributed by atoms with Crippen molar-refractivity contribution in [2.45, 2.75) is 91.9 Å². The number of hydrogen-bond donors (Lipinski definition) is 1.